The number of rotatable bonds is 0. The van der Waals surface area contributed by atoms with Crippen molar-refractivity contribution in [1.82, 2.24) is 0 Å². The molecule has 0 spiro atoms. The van der Waals surface area contributed by atoms with E-state index in [1.54, 1.807) is 0 Å². The van der Waals surface area contributed by atoms with Gasteiger partial charge in [0, 0.05) is 25.8 Å². The number of carboxylic acids is 4. The molecule has 0 aromatic rings. The minimum Gasteiger partial charge on any atom is -0.550 e. The van der Waals surface area contributed by atoms with E-state index >= 15 is 0 Å². The van der Waals surface area contributed by atoms with Crippen LogP contribution in [0.5, 0.6) is 0 Å². The fourth-order valence-corrected chi connectivity index (χ4v) is 1.06. The molecule has 0 amide bonds. The van der Waals surface area contributed by atoms with Crippen LogP contribution in [0.1, 0.15) is 66.2 Å². The van der Waals surface area contributed by atoms with Gasteiger partial charge in [0.1, 0.15) is 0 Å². The van der Waals surface area contributed by atoms with E-state index in [4.69, 9.17) is 39.6 Å². The average Bonchev–Trinajstić information content (AvgIpc) is 2.28. The van der Waals surface area contributed by atoms with Crippen LogP contribution in [0.3, 0.4) is 0 Å². The second kappa shape index (κ2) is 34.3. The molecule has 1 fully saturated rings. The van der Waals surface area contributed by atoms with E-state index in [1.165, 1.54) is 38.5 Å². The Morgan fingerprint density at radius 1 is 0.583 bits per heavy atom. The van der Waals surface area contributed by atoms with Crippen LogP contribution in [0, 0.1) is 0 Å². The van der Waals surface area contributed by atoms with Crippen LogP contribution < -0.4 is 69.3 Å². The van der Waals surface area contributed by atoms with Gasteiger partial charge in [-0.15, -0.1) is 0 Å². The smallest absolute Gasteiger partial charge is 0.550 e. The number of carboxylic acid groups (broad SMARTS) is 4. The third kappa shape index (κ3) is 276. The summed E-state index contributed by atoms with van der Waals surface area (Å²) in [5, 5.41) is 32.6. The predicted octanol–water partition coefficient (Wildman–Crippen LogP) is -5.96. The van der Waals surface area contributed by atoms with Crippen LogP contribution in [-0.2, 0) is 19.2 Å². The maximum Gasteiger partial charge on any atom is 1.00 e. The number of aliphatic carboxylic acids is 4. The predicted molar refractivity (Wildman–Crippen MR) is 75.7 cm³/mol. The molecule has 1 aliphatic rings. The van der Waals surface area contributed by atoms with Crippen molar-refractivity contribution >= 4 is 23.9 Å². The summed E-state index contributed by atoms with van der Waals surface area (Å²) in [6, 6.07) is 0. The number of carbonyl (C=O) groups is 4. The van der Waals surface area contributed by atoms with Crippen molar-refractivity contribution in [2.45, 2.75) is 66.2 Å². The van der Waals surface area contributed by atoms with Crippen LogP contribution in [0.25, 0.3) is 0 Å². The standard InChI is InChI=1S/C6H12.4C2H4O2.2Na/c1-2-4-6-5-3-1;4*1-2(3)4;;/h1-6H2;4*1H3,(H,3,4);;/q;;;;;2*+1/p-2. The quantitative estimate of drug-likeness (QED) is 0.401. The molecule has 0 aliphatic heterocycles. The van der Waals surface area contributed by atoms with Gasteiger partial charge in [-0.2, -0.15) is 0 Å². The molecule has 132 valence electrons. The first-order chi connectivity index (χ1) is 9.93. The Labute approximate surface area is 187 Å². The molecule has 24 heavy (non-hydrogen) atoms. The minimum atomic E-state index is -1.08. The van der Waals surface area contributed by atoms with Crippen LogP contribution in [0.15, 0.2) is 0 Å². The zero-order valence-corrected chi connectivity index (χ0v) is 19.6. The second-order valence-electron chi connectivity index (χ2n) is 4.14. The third-order valence-corrected chi connectivity index (χ3v) is 1.50. The van der Waals surface area contributed by atoms with Crippen molar-refractivity contribution in [2.75, 3.05) is 0 Å². The van der Waals surface area contributed by atoms with E-state index < -0.39 is 23.9 Å². The largest absolute Gasteiger partial charge is 1.00 e. The van der Waals surface area contributed by atoms with E-state index in [2.05, 4.69) is 0 Å². The fourth-order valence-electron chi connectivity index (χ4n) is 1.06. The molecule has 10 heteroatoms. The molecule has 0 bridgehead atoms. The first-order valence-corrected chi connectivity index (χ1v) is 6.67. The summed E-state index contributed by atoms with van der Waals surface area (Å²) < 4.78 is 0. The van der Waals surface area contributed by atoms with Crippen molar-refractivity contribution in [1.29, 1.82) is 0 Å². The first kappa shape index (κ1) is 39.1. The van der Waals surface area contributed by atoms with Crippen molar-refractivity contribution < 1.29 is 98.7 Å². The minimum absolute atomic E-state index is 0. The number of carbonyl (C=O) groups excluding carboxylic acids is 2. The van der Waals surface area contributed by atoms with Crippen LogP contribution in [0.2, 0.25) is 0 Å². The van der Waals surface area contributed by atoms with Gasteiger partial charge >= 0.3 is 59.1 Å². The molecule has 0 heterocycles. The zero-order valence-electron chi connectivity index (χ0n) is 15.6. The molecule has 0 saturated heterocycles. The van der Waals surface area contributed by atoms with Crippen molar-refractivity contribution in [3.63, 3.8) is 0 Å². The summed E-state index contributed by atoms with van der Waals surface area (Å²) >= 11 is 0. The maximum atomic E-state index is 9.00. The molecular formula is C14H26Na2O8. The monoisotopic (exact) mass is 368 g/mol. The van der Waals surface area contributed by atoms with Gasteiger partial charge in [0.25, 0.3) is 11.9 Å². The van der Waals surface area contributed by atoms with Crippen molar-refractivity contribution in [2.24, 2.45) is 0 Å². The zero-order chi connectivity index (χ0) is 18.6. The van der Waals surface area contributed by atoms with Gasteiger partial charge in [-0.1, -0.05) is 38.5 Å². The van der Waals surface area contributed by atoms with E-state index in [0.29, 0.717) is 0 Å². The molecule has 0 radical (unpaired) electrons. The molecule has 1 saturated carbocycles. The summed E-state index contributed by atoms with van der Waals surface area (Å²) in [5.41, 5.74) is 0. The summed E-state index contributed by atoms with van der Waals surface area (Å²) in [4.78, 5) is 35.8. The molecule has 0 aromatic heterocycles. The van der Waals surface area contributed by atoms with E-state index in [-0.39, 0.29) is 59.1 Å². The topological polar surface area (TPSA) is 155 Å². The van der Waals surface area contributed by atoms with Crippen molar-refractivity contribution in [3.05, 3.63) is 0 Å². The van der Waals surface area contributed by atoms with Gasteiger partial charge in [-0.3, -0.25) is 9.59 Å². The van der Waals surface area contributed by atoms with Gasteiger partial charge in [0.2, 0.25) is 0 Å². The van der Waals surface area contributed by atoms with E-state index in [1.807, 2.05) is 0 Å². The van der Waals surface area contributed by atoms with Gasteiger partial charge in [0.15, 0.2) is 0 Å². The number of hydrogen-bond acceptors (Lipinski definition) is 6. The third-order valence-electron chi connectivity index (χ3n) is 1.50. The Morgan fingerprint density at radius 2 is 0.625 bits per heavy atom. The van der Waals surface area contributed by atoms with Crippen LogP contribution in [-0.4, -0.2) is 34.1 Å². The number of hydrogen-bond donors (Lipinski definition) is 2. The molecular weight excluding hydrogens is 342 g/mol. The van der Waals surface area contributed by atoms with Crippen LogP contribution in [0.4, 0.5) is 0 Å². The molecule has 0 atom stereocenters. The average molecular weight is 368 g/mol. The molecule has 0 unspecified atom stereocenters. The Bertz CT molecular complexity index is 230. The molecule has 1 rings (SSSR count). The van der Waals surface area contributed by atoms with Gasteiger partial charge < -0.3 is 30.0 Å². The van der Waals surface area contributed by atoms with Crippen LogP contribution >= 0.6 is 0 Å². The molecule has 8 nitrogen and oxygen atoms in total. The molecule has 0 aromatic carbocycles. The first-order valence-electron chi connectivity index (χ1n) is 6.67. The molecule has 2 N–H and O–H groups in total. The van der Waals surface area contributed by atoms with E-state index in [9.17, 15) is 0 Å². The normalized spacial score (nSPS) is 10.2. The Balaban J connectivity index is -0.0000000420. The SMILES string of the molecule is C1CCCCC1.CC(=O)O.CC(=O)O.CC(=O)[O-].CC(=O)[O-].[Na+].[Na+]. The summed E-state index contributed by atoms with van der Waals surface area (Å²) in [6.07, 6.45) is 9.00. The summed E-state index contributed by atoms with van der Waals surface area (Å²) in [5.74, 6) is -3.83. The second-order valence-corrected chi connectivity index (χ2v) is 4.14. The Kier molecular flexibility index (Phi) is 55.8. The Hall–Kier alpha value is -0.120. The molecule has 1 aliphatic carbocycles. The van der Waals surface area contributed by atoms with Gasteiger partial charge in [-0.25, -0.2) is 0 Å². The van der Waals surface area contributed by atoms with E-state index in [0.717, 1.165) is 27.7 Å². The van der Waals surface area contributed by atoms with Gasteiger partial charge in [0.05, 0.1) is 0 Å². The van der Waals surface area contributed by atoms with Gasteiger partial charge in [-0.05, 0) is 13.8 Å². The maximum absolute atomic E-state index is 9.00. The fraction of sp³-hybridized carbons (Fsp3) is 0.714. The summed E-state index contributed by atoms with van der Waals surface area (Å²) in [7, 11) is 0. The summed E-state index contributed by atoms with van der Waals surface area (Å²) in [6.45, 7) is 4.11. The van der Waals surface area contributed by atoms with Crippen molar-refractivity contribution in [3.8, 4) is 0 Å². The Morgan fingerprint density at radius 3 is 0.667 bits per heavy atom.